The van der Waals surface area contributed by atoms with Gasteiger partial charge in [0.1, 0.15) is 0 Å². The van der Waals surface area contributed by atoms with Gasteiger partial charge in [-0.05, 0) is 23.6 Å². The van der Waals surface area contributed by atoms with Crippen LogP contribution in [0.15, 0.2) is 48.7 Å². The largest absolute Gasteiger partial charge is 0.516 e. The predicted octanol–water partition coefficient (Wildman–Crippen LogP) is 2.51. The van der Waals surface area contributed by atoms with Crippen LogP contribution in [0.2, 0.25) is 0 Å². The fraction of sp³-hybridized carbons (Fsp3) is 0.0667. The number of carbonyl (C=O) groups excluding carboxylic acids is 2. The van der Waals surface area contributed by atoms with E-state index in [1.807, 2.05) is 12.1 Å². The first kappa shape index (κ1) is 11.5. The van der Waals surface area contributed by atoms with Crippen LogP contribution in [0, 0.1) is 0 Å². The SMILES string of the molecule is O=C1c2cccc3cccc(c23)C(=O)N1CC=CO. The van der Waals surface area contributed by atoms with Crippen molar-refractivity contribution in [1.82, 2.24) is 4.90 Å². The lowest BCUT2D eigenvalue weighted by atomic mass is 9.94. The molecule has 4 heteroatoms. The highest BCUT2D eigenvalue weighted by molar-refractivity contribution is 6.25. The van der Waals surface area contributed by atoms with Gasteiger partial charge in [-0.2, -0.15) is 0 Å². The Bertz CT molecular complexity index is 668. The van der Waals surface area contributed by atoms with E-state index < -0.39 is 0 Å². The van der Waals surface area contributed by atoms with Gasteiger partial charge in [0.25, 0.3) is 11.8 Å². The lowest BCUT2D eigenvalue weighted by Crippen LogP contribution is -2.40. The number of hydrogen-bond donors (Lipinski definition) is 1. The Morgan fingerprint density at radius 1 is 1.00 bits per heavy atom. The summed E-state index contributed by atoms with van der Waals surface area (Å²) in [5, 5.41) is 10.3. The molecule has 0 fully saturated rings. The summed E-state index contributed by atoms with van der Waals surface area (Å²) in [7, 11) is 0. The van der Waals surface area contributed by atoms with Crippen LogP contribution >= 0.6 is 0 Å². The maximum Gasteiger partial charge on any atom is 0.261 e. The molecule has 2 aromatic carbocycles. The highest BCUT2D eigenvalue weighted by Gasteiger charge is 2.31. The van der Waals surface area contributed by atoms with E-state index in [9.17, 15) is 9.59 Å². The van der Waals surface area contributed by atoms with Gasteiger partial charge in [0.05, 0.1) is 12.8 Å². The molecule has 1 aliphatic heterocycles. The molecule has 4 nitrogen and oxygen atoms in total. The smallest absolute Gasteiger partial charge is 0.261 e. The Labute approximate surface area is 109 Å². The summed E-state index contributed by atoms with van der Waals surface area (Å²) in [5.74, 6) is -0.653. The van der Waals surface area contributed by atoms with Crippen molar-refractivity contribution < 1.29 is 14.7 Å². The summed E-state index contributed by atoms with van der Waals surface area (Å²) in [6.45, 7) is 0.0683. The number of carbonyl (C=O) groups is 2. The summed E-state index contributed by atoms with van der Waals surface area (Å²) in [5.41, 5.74) is 1.05. The molecule has 2 amide bonds. The van der Waals surface area contributed by atoms with Gasteiger partial charge in [0.15, 0.2) is 0 Å². The summed E-state index contributed by atoms with van der Waals surface area (Å²) >= 11 is 0. The molecule has 1 N–H and O–H groups in total. The predicted molar refractivity (Wildman–Crippen MR) is 71.1 cm³/mol. The van der Waals surface area contributed by atoms with Crippen molar-refractivity contribution in [3.8, 4) is 0 Å². The van der Waals surface area contributed by atoms with Gasteiger partial charge >= 0.3 is 0 Å². The van der Waals surface area contributed by atoms with Crippen molar-refractivity contribution in [3.63, 3.8) is 0 Å². The first-order valence-electron chi connectivity index (χ1n) is 5.91. The molecule has 3 rings (SSSR count). The number of rotatable bonds is 2. The second-order valence-corrected chi connectivity index (χ2v) is 4.31. The minimum absolute atomic E-state index is 0.0683. The van der Waals surface area contributed by atoms with Crippen LogP contribution < -0.4 is 0 Å². The molecule has 1 aliphatic rings. The molecule has 1 heterocycles. The summed E-state index contributed by atoms with van der Waals surface area (Å²) in [6.07, 6.45) is 2.20. The zero-order valence-electron chi connectivity index (χ0n) is 10.0. The molecule has 0 saturated carbocycles. The molecule has 0 bridgehead atoms. The fourth-order valence-electron chi connectivity index (χ4n) is 2.40. The molecule has 0 atom stereocenters. The van der Waals surface area contributed by atoms with Crippen molar-refractivity contribution in [2.75, 3.05) is 6.54 Å². The second-order valence-electron chi connectivity index (χ2n) is 4.31. The van der Waals surface area contributed by atoms with Gasteiger partial charge in [-0.3, -0.25) is 14.5 Å². The Morgan fingerprint density at radius 3 is 2.11 bits per heavy atom. The summed E-state index contributed by atoms with van der Waals surface area (Å²) in [6, 6.07) is 10.8. The average molecular weight is 253 g/mol. The van der Waals surface area contributed by atoms with Crippen LogP contribution in [-0.2, 0) is 0 Å². The highest BCUT2D eigenvalue weighted by Crippen LogP contribution is 2.29. The fourth-order valence-corrected chi connectivity index (χ4v) is 2.40. The Kier molecular flexibility index (Phi) is 2.56. The number of amides is 2. The normalized spacial score (nSPS) is 14.6. The van der Waals surface area contributed by atoms with Gasteiger partial charge in [-0.15, -0.1) is 0 Å². The standard InChI is InChI=1S/C15H11NO3/c17-9-3-8-16-14(18)11-6-1-4-10-5-2-7-12(13(10)11)15(16)19/h1-7,9,17H,8H2. The molecular weight excluding hydrogens is 242 g/mol. The van der Waals surface area contributed by atoms with Crippen LogP contribution in [0.1, 0.15) is 20.7 Å². The van der Waals surface area contributed by atoms with Crippen LogP contribution in [0.3, 0.4) is 0 Å². The number of aliphatic hydroxyl groups is 1. The van der Waals surface area contributed by atoms with E-state index in [1.165, 1.54) is 6.08 Å². The van der Waals surface area contributed by atoms with E-state index in [4.69, 9.17) is 5.11 Å². The summed E-state index contributed by atoms with van der Waals surface area (Å²) in [4.78, 5) is 25.7. The molecule has 0 saturated heterocycles. The third-order valence-electron chi connectivity index (χ3n) is 3.25. The van der Waals surface area contributed by atoms with Crippen molar-refractivity contribution in [2.45, 2.75) is 0 Å². The molecule has 0 aromatic heterocycles. The Morgan fingerprint density at radius 2 is 1.58 bits per heavy atom. The molecule has 0 spiro atoms. The van der Waals surface area contributed by atoms with E-state index in [0.717, 1.165) is 16.5 Å². The number of nitrogens with zero attached hydrogens (tertiary/aromatic N) is 1. The highest BCUT2D eigenvalue weighted by atomic mass is 16.2. The molecule has 0 aliphatic carbocycles. The molecule has 2 aromatic rings. The minimum atomic E-state index is -0.326. The number of hydrogen-bond acceptors (Lipinski definition) is 3. The van der Waals surface area contributed by atoms with Gasteiger partial charge in [-0.25, -0.2) is 0 Å². The van der Waals surface area contributed by atoms with E-state index in [1.54, 1.807) is 24.3 Å². The monoisotopic (exact) mass is 253 g/mol. The van der Waals surface area contributed by atoms with Crippen molar-refractivity contribution in [2.24, 2.45) is 0 Å². The van der Waals surface area contributed by atoms with E-state index in [0.29, 0.717) is 16.5 Å². The number of imide groups is 1. The zero-order chi connectivity index (χ0) is 13.4. The maximum atomic E-state index is 12.3. The van der Waals surface area contributed by atoms with Gasteiger partial charge < -0.3 is 5.11 Å². The quantitative estimate of drug-likeness (QED) is 0.660. The lowest BCUT2D eigenvalue weighted by molar-refractivity contribution is 0.0628. The van der Waals surface area contributed by atoms with Gasteiger partial charge in [-0.1, -0.05) is 24.3 Å². The molecule has 19 heavy (non-hydrogen) atoms. The second kappa shape index (κ2) is 4.24. The van der Waals surface area contributed by atoms with Crippen molar-refractivity contribution >= 4 is 22.6 Å². The van der Waals surface area contributed by atoms with E-state index >= 15 is 0 Å². The average Bonchev–Trinajstić information content (AvgIpc) is 2.44. The topological polar surface area (TPSA) is 57.6 Å². The van der Waals surface area contributed by atoms with Crippen LogP contribution in [0.4, 0.5) is 0 Å². The first-order chi connectivity index (χ1) is 9.24. The van der Waals surface area contributed by atoms with E-state index in [-0.39, 0.29) is 18.4 Å². The summed E-state index contributed by atoms with van der Waals surface area (Å²) < 4.78 is 0. The third kappa shape index (κ3) is 1.61. The van der Waals surface area contributed by atoms with Crippen molar-refractivity contribution in [1.29, 1.82) is 0 Å². The van der Waals surface area contributed by atoms with Crippen LogP contribution in [0.5, 0.6) is 0 Å². The molecule has 0 radical (unpaired) electrons. The van der Waals surface area contributed by atoms with Gasteiger partial charge in [0, 0.05) is 16.5 Å². The van der Waals surface area contributed by atoms with Crippen molar-refractivity contribution in [3.05, 3.63) is 59.9 Å². The molecule has 0 unspecified atom stereocenters. The minimum Gasteiger partial charge on any atom is -0.516 e. The molecule has 94 valence electrons. The lowest BCUT2D eigenvalue weighted by Gasteiger charge is -2.26. The van der Waals surface area contributed by atoms with Crippen LogP contribution in [-0.4, -0.2) is 28.4 Å². The maximum absolute atomic E-state index is 12.3. The first-order valence-corrected chi connectivity index (χ1v) is 5.91. The van der Waals surface area contributed by atoms with Gasteiger partial charge in [0.2, 0.25) is 0 Å². The third-order valence-corrected chi connectivity index (χ3v) is 3.25. The molecular formula is C15H11NO3. The number of benzene rings is 2. The Balaban J connectivity index is 2.25. The van der Waals surface area contributed by atoms with E-state index in [2.05, 4.69) is 0 Å². The van der Waals surface area contributed by atoms with Crippen LogP contribution in [0.25, 0.3) is 10.8 Å². The number of aliphatic hydroxyl groups excluding tert-OH is 1. The Hall–Kier alpha value is -2.62. The zero-order valence-corrected chi connectivity index (χ0v) is 10.0.